The van der Waals surface area contributed by atoms with Gasteiger partial charge < -0.3 is 13.9 Å². The fraction of sp³-hybridized carbons (Fsp3) is 0.107. The summed E-state index contributed by atoms with van der Waals surface area (Å²) < 4.78 is 16.0. The van der Waals surface area contributed by atoms with Crippen molar-refractivity contribution < 1.29 is 28.3 Å². The van der Waals surface area contributed by atoms with E-state index in [1.807, 2.05) is 48.5 Å². The van der Waals surface area contributed by atoms with E-state index >= 15 is 0 Å². The van der Waals surface area contributed by atoms with Crippen molar-refractivity contribution in [2.24, 2.45) is 0 Å². The zero-order valence-corrected chi connectivity index (χ0v) is 20.1. The third-order valence-electron chi connectivity index (χ3n) is 5.69. The van der Waals surface area contributed by atoms with Crippen LogP contribution in [0.1, 0.15) is 27.4 Å². The zero-order valence-electron chi connectivity index (χ0n) is 19.3. The van der Waals surface area contributed by atoms with Crippen molar-refractivity contribution in [3.63, 3.8) is 0 Å². The summed E-state index contributed by atoms with van der Waals surface area (Å²) in [7, 11) is 1.25. The third-order valence-corrected chi connectivity index (χ3v) is 6.60. The van der Waals surface area contributed by atoms with Gasteiger partial charge in [0.1, 0.15) is 18.1 Å². The van der Waals surface area contributed by atoms with Gasteiger partial charge in [0.2, 0.25) is 5.76 Å². The Morgan fingerprint density at radius 3 is 2.56 bits per heavy atom. The van der Waals surface area contributed by atoms with E-state index in [9.17, 15) is 14.4 Å². The van der Waals surface area contributed by atoms with Gasteiger partial charge in [-0.2, -0.15) is 0 Å². The van der Waals surface area contributed by atoms with Gasteiger partial charge in [-0.1, -0.05) is 54.6 Å². The average Bonchev–Trinajstić information content (AvgIpc) is 3.48. The average molecular weight is 500 g/mol. The van der Waals surface area contributed by atoms with Gasteiger partial charge in [0.25, 0.3) is 11.1 Å². The smallest absolute Gasteiger partial charge is 0.373 e. The van der Waals surface area contributed by atoms with Crippen molar-refractivity contribution in [3.05, 3.63) is 106 Å². The number of carbonyl (C=O) groups excluding carboxylic acids is 3. The summed E-state index contributed by atoms with van der Waals surface area (Å²) in [5, 5.41) is 1.92. The lowest BCUT2D eigenvalue weighted by atomic mass is 10.1. The van der Waals surface area contributed by atoms with E-state index in [2.05, 4.69) is 22.9 Å². The summed E-state index contributed by atoms with van der Waals surface area (Å²) in [4.78, 5) is 38.2. The molecule has 36 heavy (non-hydrogen) atoms. The number of carbonyl (C=O) groups is 3. The number of imide groups is 1. The second kappa shape index (κ2) is 10.1. The van der Waals surface area contributed by atoms with Crippen molar-refractivity contribution in [1.82, 2.24) is 4.90 Å². The topological polar surface area (TPSA) is 86.0 Å². The summed E-state index contributed by atoms with van der Waals surface area (Å²) in [6.07, 6.45) is 1.67. The van der Waals surface area contributed by atoms with E-state index in [1.165, 1.54) is 24.6 Å². The molecule has 1 aliphatic rings. The van der Waals surface area contributed by atoms with E-state index < -0.39 is 17.1 Å². The molecular formula is C28H21NO6S. The van der Waals surface area contributed by atoms with Gasteiger partial charge in [-0.25, -0.2) is 4.79 Å². The van der Waals surface area contributed by atoms with Gasteiger partial charge in [0, 0.05) is 0 Å². The Kier molecular flexibility index (Phi) is 6.60. The molecule has 5 rings (SSSR count). The van der Waals surface area contributed by atoms with Gasteiger partial charge in [0.05, 0.1) is 18.6 Å². The minimum Gasteiger partial charge on any atom is -0.489 e. The van der Waals surface area contributed by atoms with Gasteiger partial charge in [-0.3, -0.25) is 14.5 Å². The number of hydrogen-bond donors (Lipinski definition) is 0. The molecule has 4 aromatic rings. The largest absolute Gasteiger partial charge is 0.489 e. The van der Waals surface area contributed by atoms with E-state index in [4.69, 9.17) is 9.15 Å². The molecule has 180 valence electrons. The number of nitrogens with zero attached hydrogens (tertiary/aromatic N) is 1. The normalized spacial score (nSPS) is 14.6. The fourth-order valence-electron chi connectivity index (χ4n) is 3.86. The van der Waals surface area contributed by atoms with Crippen molar-refractivity contribution in [1.29, 1.82) is 0 Å². The van der Waals surface area contributed by atoms with Crippen LogP contribution in [0, 0.1) is 0 Å². The van der Waals surface area contributed by atoms with Crippen molar-refractivity contribution in [2.45, 2.75) is 13.2 Å². The maximum absolute atomic E-state index is 12.8. The predicted octanol–water partition coefficient (Wildman–Crippen LogP) is 6.03. The second-order valence-electron chi connectivity index (χ2n) is 8.02. The molecule has 0 aliphatic carbocycles. The van der Waals surface area contributed by atoms with E-state index in [-0.39, 0.29) is 12.3 Å². The molecule has 1 saturated heterocycles. The van der Waals surface area contributed by atoms with E-state index in [0.29, 0.717) is 23.0 Å². The fourth-order valence-corrected chi connectivity index (χ4v) is 4.69. The second-order valence-corrected chi connectivity index (χ2v) is 9.01. The molecule has 0 spiro atoms. The van der Waals surface area contributed by atoms with Crippen LogP contribution in [0.4, 0.5) is 4.79 Å². The number of esters is 1. The van der Waals surface area contributed by atoms with Crippen LogP contribution in [0.2, 0.25) is 0 Å². The molecule has 0 N–H and O–H groups in total. The van der Waals surface area contributed by atoms with Crippen molar-refractivity contribution in [2.75, 3.05) is 7.11 Å². The summed E-state index contributed by atoms with van der Waals surface area (Å²) in [5.74, 6) is -0.0195. The number of amides is 2. The molecule has 0 saturated carbocycles. The Morgan fingerprint density at radius 1 is 0.972 bits per heavy atom. The number of thioether (sulfide) groups is 1. The molecule has 8 heteroatoms. The monoisotopic (exact) mass is 499 g/mol. The lowest BCUT2D eigenvalue weighted by molar-refractivity contribution is -0.123. The molecule has 0 unspecified atom stereocenters. The molecular weight excluding hydrogens is 478 g/mol. The number of methoxy groups -OCH3 is 1. The molecule has 0 radical (unpaired) electrons. The Morgan fingerprint density at radius 2 is 1.75 bits per heavy atom. The molecule has 1 aliphatic heterocycles. The van der Waals surface area contributed by atoms with Crippen LogP contribution >= 0.6 is 11.8 Å². The van der Waals surface area contributed by atoms with E-state index in [0.717, 1.165) is 33.2 Å². The van der Waals surface area contributed by atoms with Gasteiger partial charge in [-0.05, 0) is 64.0 Å². The van der Waals surface area contributed by atoms with Crippen molar-refractivity contribution in [3.8, 4) is 5.75 Å². The van der Waals surface area contributed by atoms with Crippen LogP contribution in [0.25, 0.3) is 16.8 Å². The SMILES string of the molecule is COC(=O)c1ccc(CN2C(=O)SC(=Cc3ccc(OCc4cccc5ccccc45)cc3)C2=O)o1. The molecule has 0 atom stereocenters. The lowest BCUT2D eigenvalue weighted by Crippen LogP contribution is -2.27. The number of hydrogen-bond acceptors (Lipinski definition) is 7. The summed E-state index contributed by atoms with van der Waals surface area (Å²) in [5.41, 5.74) is 1.87. The van der Waals surface area contributed by atoms with Crippen LogP contribution in [0.3, 0.4) is 0 Å². The predicted molar refractivity (Wildman–Crippen MR) is 136 cm³/mol. The maximum Gasteiger partial charge on any atom is 0.373 e. The number of fused-ring (bicyclic) bond motifs is 1. The maximum atomic E-state index is 12.8. The van der Waals surface area contributed by atoms with Crippen LogP contribution in [-0.2, 0) is 22.7 Å². The molecule has 7 nitrogen and oxygen atoms in total. The number of benzene rings is 3. The standard InChI is InChI=1S/C28H21NO6S/c1-33-27(31)24-14-13-22(35-24)16-29-26(30)25(36-28(29)32)15-18-9-11-21(12-10-18)34-17-20-7-4-6-19-5-2-3-8-23(19)20/h2-15H,16-17H2,1H3. The molecule has 1 aromatic heterocycles. The number of rotatable bonds is 7. The lowest BCUT2D eigenvalue weighted by Gasteiger charge is -2.10. The molecule has 2 amide bonds. The van der Waals surface area contributed by atoms with Gasteiger partial charge in [0.15, 0.2) is 0 Å². The highest BCUT2D eigenvalue weighted by Crippen LogP contribution is 2.34. The Hall–Kier alpha value is -4.30. The van der Waals surface area contributed by atoms with Gasteiger partial charge >= 0.3 is 5.97 Å². The Bertz CT molecular complexity index is 1480. The highest BCUT2D eigenvalue weighted by molar-refractivity contribution is 8.18. The zero-order chi connectivity index (χ0) is 25.1. The summed E-state index contributed by atoms with van der Waals surface area (Å²) in [6, 6.07) is 24.6. The Labute approximate surface area is 211 Å². The minimum atomic E-state index is -0.625. The van der Waals surface area contributed by atoms with E-state index in [1.54, 1.807) is 6.08 Å². The first-order valence-corrected chi connectivity index (χ1v) is 12.0. The quantitative estimate of drug-likeness (QED) is 0.226. The first kappa shape index (κ1) is 23.4. The summed E-state index contributed by atoms with van der Waals surface area (Å²) in [6.45, 7) is 0.365. The first-order chi connectivity index (χ1) is 17.5. The number of ether oxygens (including phenoxy) is 2. The first-order valence-electron chi connectivity index (χ1n) is 11.1. The minimum absolute atomic E-state index is 0.0118. The molecule has 1 fully saturated rings. The summed E-state index contributed by atoms with van der Waals surface area (Å²) >= 11 is 0.860. The van der Waals surface area contributed by atoms with Crippen LogP contribution in [-0.4, -0.2) is 29.1 Å². The molecule has 3 aromatic carbocycles. The van der Waals surface area contributed by atoms with Crippen LogP contribution in [0.15, 0.2) is 88.2 Å². The van der Waals surface area contributed by atoms with Gasteiger partial charge in [-0.15, -0.1) is 0 Å². The van der Waals surface area contributed by atoms with Crippen molar-refractivity contribution >= 4 is 45.7 Å². The molecule has 0 bridgehead atoms. The van der Waals surface area contributed by atoms with Crippen LogP contribution < -0.4 is 4.74 Å². The third kappa shape index (κ3) is 4.89. The molecule has 2 heterocycles. The van der Waals surface area contributed by atoms with Crippen LogP contribution in [0.5, 0.6) is 5.75 Å². The highest BCUT2D eigenvalue weighted by atomic mass is 32.2. The Balaban J connectivity index is 1.24. The number of furan rings is 1. The highest BCUT2D eigenvalue weighted by Gasteiger charge is 2.35.